The maximum atomic E-state index is 5.68. The van der Waals surface area contributed by atoms with Crippen molar-refractivity contribution in [1.29, 1.82) is 0 Å². The third-order valence-corrected chi connectivity index (χ3v) is 3.35. The molecule has 3 rings (SSSR count). The summed E-state index contributed by atoms with van der Waals surface area (Å²) in [6.45, 7) is 3.98. The Hall–Kier alpha value is -1.92. The molecule has 0 amide bonds. The van der Waals surface area contributed by atoms with Crippen molar-refractivity contribution in [2.75, 3.05) is 19.8 Å². The number of rotatable bonds is 7. The third kappa shape index (κ3) is 3.84. The summed E-state index contributed by atoms with van der Waals surface area (Å²) in [5, 5.41) is 8.08. The van der Waals surface area contributed by atoms with Crippen molar-refractivity contribution in [3.63, 3.8) is 0 Å². The van der Waals surface area contributed by atoms with Crippen molar-refractivity contribution in [3.8, 4) is 17.2 Å². The lowest BCUT2D eigenvalue weighted by atomic mass is 10.2. The van der Waals surface area contributed by atoms with Gasteiger partial charge in [0.25, 0.3) is 0 Å². The number of ether oxygens (including phenoxy) is 3. The maximum Gasteiger partial charge on any atom is 0.247 e. The van der Waals surface area contributed by atoms with Gasteiger partial charge in [-0.2, -0.15) is 0 Å². The molecule has 2 heterocycles. The van der Waals surface area contributed by atoms with Crippen LogP contribution in [0.2, 0.25) is 0 Å². The summed E-state index contributed by atoms with van der Waals surface area (Å²) in [6.07, 6.45) is 2.39. The Labute approximate surface area is 129 Å². The molecule has 118 valence electrons. The van der Waals surface area contributed by atoms with E-state index in [-0.39, 0.29) is 6.29 Å². The van der Waals surface area contributed by atoms with E-state index in [9.17, 15) is 0 Å². The van der Waals surface area contributed by atoms with Crippen molar-refractivity contribution in [3.05, 3.63) is 30.2 Å². The normalized spacial score (nSPS) is 15.3. The van der Waals surface area contributed by atoms with Crippen molar-refractivity contribution in [2.24, 2.45) is 0 Å². The molecule has 6 heteroatoms. The quantitative estimate of drug-likeness (QED) is 0.783. The smallest absolute Gasteiger partial charge is 0.247 e. The SMILES string of the molecule is CCCc1nnc(-c2ccc(OCCC3OCCO3)cc2)o1. The largest absolute Gasteiger partial charge is 0.493 e. The molecule has 1 aliphatic rings. The van der Waals surface area contributed by atoms with Crippen LogP contribution in [-0.2, 0) is 15.9 Å². The average Bonchev–Trinajstić information content (AvgIpc) is 3.20. The minimum atomic E-state index is -0.130. The first-order chi connectivity index (χ1) is 10.8. The van der Waals surface area contributed by atoms with Gasteiger partial charge < -0.3 is 18.6 Å². The molecule has 0 atom stereocenters. The van der Waals surface area contributed by atoms with Gasteiger partial charge in [-0.15, -0.1) is 10.2 Å². The number of hydrogen-bond acceptors (Lipinski definition) is 6. The van der Waals surface area contributed by atoms with Crippen LogP contribution < -0.4 is 4.74 Å². The van der Waals surface area contributed by atoms with Crippen LogP contribution in [0.15, 0.2) is 28.7 Å². The van der Waals surface area contributed by atoms with Crippen LogP contribution in [0.1, 0.15) is 25.7 Å². The number of benzene rings is 1. The van der Waals surface area contributed by atoms with Crippen LogP contribution in [0.3, 0.4) is 0 Å². The van der Waals surface area contributed by atoms with Crippen LogP contribution in [0.5, 0.6) is 5.75 Å². The zero-order chi connectivity index (χ0) is 15.2. The Morgan fingerprint density at radius 2 is 1.91 bits per heavy atom. The van der Waals surface area contributed by atoms with Crippen molar-refractivity contribution < 1.29 is 18.6 Å². The molecular formula is C16H20N2O4. The fraction of sp³-hybridized carbons (Fsp3) is 0.500. The van der Waals surface area contributed by atoms with E-state index in [1.54, 1.807) is 0 Å². The molecule has 1 aromatic heterocycles. The van der Waals surface area contributed by atoms with E-state index in [1.165, 1.54) is 0 Å². The van der Waals surface area contributed by atoms with E-state index in [0.717, 1.165) is 30.6 Å². The predicted octanol–water partition coefficient (Wildman–Crippen LogP) is 2.83. The first kappa shape index (κ1) is 15.0. The van der Waals surface area contributed by atoms with Crippen molar-refractivity contribution in [1.82, 2.24) is 10.2 Å². The van der Waals surface area contributed by atoms with E-state index in [4.69, 9.17) is 18.6 Å². The van der Waals surface area contributed by atoms with Gasteiger partial charge >= 0.3 is 0 Å². The molecule has 22 heavy (non-hydrogen) atoms. The van der Waals surface area contributed by atoms with Gasteiger partial charge in [0.2, 0.25) is 11.8 Å². The topological polar surface area (TPSA) is 66.6 Å². The highest BCUT2D eigenvalue weighted by Gasteiger charge is 2.15. The highest BCUT2D eigenvalue weighted by atomic mass is 16.7. The molecule has 1 aliphatic heterocycles. The predicted molar refractivity (Wildman–Crippen MR) is 79.5 cm³/mol. The standard InChI is InChI=1S/C16H20N2O4/c1-2-3-14-17-18-16(22-14)12-4-6-13(7-5-12)19-9-8-15-20-10-11-21-15/h4-7,15H,2-3,8-11H2,1H3. The number of nitrogens with zero attached hydrogens (tertiary/aromatic N) is 2. The summed E-state index contributed by atoms with van der Waals surface area (Å²) < 4.78 is 22.0. The summed E-state index contributed by atoms with van der Waals surface area (Å²) in [5.74, 6) is 2.02. The Morgan fingerprint density at radius 1 is 1.14 bits per heavy atom. The fourth-order valence-electron chi connectivity index (χ4n) is 2.23. The first-order valence-corrected chi connectivity index (χ1v) is 7.64. The van der Waals surface area contributed by atoms with E-state index in [2.05, 4.69) is 17.1 Å². The van der Waals surface area contributed by atoms with Gasteiger partial charge in [-0.3, -0.25) is 0 Å². The van der Waals surface area contributed by atoms with Gasteiger partial charge in [0.15, 0.2) is 6.29 Å². The summed E-state index contributed by atoms with van der Waals surface area (Å²) in [4.78, 5) is 0. The second-order valence-electron chi connectivity index (χ2n) is 5.08. The highest BCUT2D eigenvalue weighted by molar-refractivity contribution is 5.53. The zero-order valence-electron chi connectivity index (χ0n) is 12.7. The van der Waals surface area contributed by atoms with Gasteiger partial charge in [0, 0.05) is 18.4 Å². The lowest BCUT2D eigenvalue weighted by Crippen LogP contribution is -2.12. The Bertz CT molecular complexity index is 576. The fourth-order valence-corrected chi connectivity index (χ4v) is 2.23. The Morgan fingerprint density at radius 3 is 2.64 bits per heavy atom. The van der Waals surface area contributed by atoms with Crippen LogP contribution in [0.4, 0.5) is 0 Å². The summed E-state index contributed by atoms with van der Waals surface area (Å²) >= 11 is 0. The molecule has 0 unspecified atom stereocenters. The molecule has 0 spiro atoms. The zero-order valence-corrected chi connectivity index (χ0v) is 12.7. The van der Waals surface area contributed by atoms with E-state index in [1.807, 2.05) is 24.3 Å². The molecule has 6 nitrogen and oxygen atoms in total. The van der Waals surface area contributed by atoms with Gasteiger partial charge in [0.05, 0.1) is 19.8 Å². The number of aryl methyl sites for hydroxylation is 1. The van der Waals surface area contributed by atoms with Gasteiger partial charge in [-0.25, -0.2) is 0 Å². The molecule has 0 radical (unpaired) electrons. The molecule has 2 aromatic rings. The minimum Gasteiger partial charge on any atom is -0.493 e. The molecule has 0 aliphatic carbocycles. The van der Waals surface area contributed by atoms with Crippen LogP contribution in [0, 0.1) is 0 Å². The summed E-state index contributed by atoms with van der Waals surface area (Å²) in [6, 6.07) is 7.63. The second kappa shape index (κ2) is 7.38. The van der Waals surface area contributed by atoms with Gasteiger partial charge in [-0.05, 0) is 30.7 Å². The lowest BCUT2D eigenvalue weighted by molar-refractivity contribution is -0.0531. The van der Waals surface area contributed by atoms with Crippen molar-refractivity contribution in [2.45, 2.75) is 32.5 Å². The monoisotopic (exact) mass is 304 g/mol. The first-order valence-electron chi connectivity index (χ1n) is 7.64. The maximum absolute atomic E-state index is 5.68. The molecule has 0 N–H and O–H groups in total. The van der Waals surface area contributed by atoms with E-state index >= 15 is 0 Å². The minimum absolute atomic E-state index is 0.130. The second-order valence-corrected chi connectivity index (χ2v) is 5.08. The van der Waals surface area contributed by atoms with E-state index < -0.39 is 0 Å². The van der Waals surface area contributed by atoms with Crippen LogP contribution in [-0.4, -0.2) is 36.3 Å². The lowest BCUT2D eigenvalue weighted by Gasteiger charge is -2.10. The number of aromatic nitrogens is 2. The van der Waals surface area contributed by atoms with Crippen LogP contribution >= 0.6 is 0 Å². The van der Waals surface area contributed by atoms with Crippen LogP contribution in [0.25, 0.3) is 11.5 Å². The van der Waals surface area contributed by atoms with Gasteiger partial charge in [-0.1, -0.05) is 6.92 Å². The molecule has 1 fully saturated rings. The molecule has 1 saturated heterocycles. The highest BCUT2D eigenvalue weighted by Crippen LogP contribution is 2.22. The molecule has 0 saturated carbocycles. The summed E-state index contributed by atoms with van der Waals surface area (Å²) in [5.41, 5.74) is 0.893. The Balaban J connectivity index is 1.52. The molecular weight excluding hydrogens is 284 g/mol. The average molecular weight is 304 g/mol. The molecule has 1 aromatic carbocycles. The Kier molecular flexibility index (Phi) is 5.03. The number of hydrogen-bond donors (Lipinski definition) is 0. The molecule has 0 bridgehead atoms. The van der Waals surface area contributed by atoms with Crippen molar-refractivity contribution >= 4 is 0 Å². The van der Waals surface area contributed by atoms with E-state index in [0.29, 0.717) is 31.6 Å². The summed E-state index contributed by atoms with van der Waals surface area (Å²) in [7, 11) is 0. The third-order valence-electron chi connectivity index (χ3n) is 3.35. The van der Waals surface area contributed by atoms with Gasteiger partial charge in [0.1, 0.15) is 5.75 Å².